The van der Waals surface area contributed by atoms with E-state index >= 15 is 0 Å². The highest BCUT2D eigenvalue weighted by Gasteiger charge is 2.17. The van der Waals surface area contributed by atoms with Gasteiger partial charge in [0, 0.05) is 7.11 Å². The van der Waals surface area contributed by atoms with Gasteiger partial charge in [0.2, 0.25) is 5.89 Å². The van der Waals surface area contributed by atoms with Gasteiger partial charge in [-0.2, -0.15) is 0 Å². The normalized spacial score (nSPS) is 12.5. The molecule has 1 N–H and O–H groups in total. The first-order valence-electron chi connectivity index (χ1n) is 6.58. The van der Waals surface area contributed by atoms with Crippen LogP contribution in [-0.4, -0.2) is 18.6 Å². The highest BCUT2D eigenvalue weighted by molar-refractivity contribution is 5.23. The molecule has 102 valence electrons. The van der Waals surface area contributed by atoms with Gasteiger partial charge in [-0.3, -0.25) is 0 Å². The van der Waals surface area contributed by atoms with E-state index in [9.17, 15) is 0 Å². The molecular formula is C15H20N2O2. The van der Waals surface area contributed by atoms with E-state index in [4.69, 9.17) is 9.15 Å². The van der Waals surface area contributed by atoms with Crippen molar-refractivity contribution in [3.05, 3.63) is 53.7 Å². The minimum atomic E-state index is -0.200. The first-order chi connectivity index (χ1) is 9.35. The summed E-state index contributed by atoms with van der Waals surface area (Å²) in [7, 11) is 1.68. The van der Waals surface area contributed by atoms with Gasteiger partial charge >= 0.3 is 0 Å². The maximum atomic E-state index is 5.74. The number of benzene rings is 1. The highest BCUT2D eigenvalue weighted by Crippen LogP contribution is 2.25. The zero-order valence-electron chi connectivity index (χ0n) is 11.4. The molecule has 0 fully saturated rings. The summed E-state index contributed by atoms with van der Waals surface area (Å²) in [5, 5.41) is 3.26. The quantitative estimate of drug-likeness (QED) is 0.778. The Balaban J connectivity index is 2.07. The molecule has 4 nitrogen and oxygen atoms in total. The Hall–Kier alpha value is -1.65. The fourth-order valence-corrected chi connectivity index (χ4v) is 1.94. The SMILES string of the molecule is CCCNCc1ncc(C(OC)c2ccccc2)o1. The van der Waals surface area contributed by atoms with E-state index in [-0.39, 0.29) is 6.10 Å². The molecule has 1 aromatic carbocycles. The maximum Gasteiger partial charge on any atom is 0.208 e. The minimum absolute atomic E-state index is 0.200. The van der Waals surface area contributed by atoms with E-state index in [0.29, 0.717) is 12.4 Å². The Morgan fingerprint density at radius 1 is 1.32 bits per heavy atom. The monoisotopic (exact) mass is 260 g/mol. The van der Waals surface area contributed by atoms with Crippen molar-refractivity contribution in [2.45, 2.75) is 26.0 Å². The predicted molar refractivity (Wildman–Crippen MR) is 73.8 cm³/mol. The average Bonchev–Trinajstić information content (AvgIpc) is 2.90. The van der Waals surface area contributed by atoms with Gasteiger partial charge in [-0.1, -0.05) is 37.3 Å². The molecule has 0 aliphatic heterocycles. The Bertz CT molecular complexity index is 482. The second-order valence-electron chi connectivity index (χ2n) is 4.36. The van der Waals surface area contributed by atoms with Gasteiger partial charge in [-0.05, 0) is 18.5 Å². The Morgan fingerprint density at radius 3 is 2.79 bits per heavy atom. The summed E-state index contributed by atoms with van der Waals surface area (Å²) in [5.74, 6) is 1.43. The van der Waals surface area contributed by atoms with Crippen molar-refractivity contribution < 1.29 is 9.15 Å². The molecule has 0 saturated heterocycles. The lowest BCUT2D eigenvalue weighted by molar-refractivity contribution is 0.115. The molecule has 1 aromatic heterocycles. The third-order valence-corrected chi connectivity index (χ3v) is 2.87. The van der Waals surface area contributed by atoms with E-state index < -0.39 is 0 Å². The zero-order valence-corrected chi connectivity index (χ0v) is 11.4. The molecule has 1 unspecified atom stereocenters. The molecule has 0 amide bonds. The van der Waals surface area contributed by atoms with Gasteiger partial charge in [-0.15, -0.1) is 0 Å². The van der Waals surface area contributed by atoms with Crippen LogP contribution in [0.4, 0.5) is 0 Å². The summed E-state index contributed by atoms with van der Waals surface area (Å²) in [6.45, 7) is 3.74. The van der Waals surface area contributed by atoms with E-state index in [1.165, 1.54) is 0 Å². The second-order valence-corrected chi connectivity index (χ2v) is 4.36. The number of hydrogen-bond donors (Lipinski definition) is 1. The van der Waals surface area contributed by atoms with Crippen molar-refractivity contribution in [1.29, 1.82) is 0 Å². The molecule has 0 aliphatic carbocycles. The lowest BCUT2D eigenvalue weighted by atomic mass is 10.1. The standard InChI is InChI=1S/C15H20N2O2/c1-3-9-16-11-14-17-10-13(19-14)15(18-2)12-7-5-4-6-8-12/h4-8,10,15-16H,3,9,11H2,1-2H3. The lowest BCUT2D eigenvalue weighted by Crippen LogP contribution is -2.13. The van der Waals surface area contributed by atoms with Gasteiger partial charge in [0.15, 0.2) is 5.76 Å². The summed E-state index contributed by atoms with van der Waals surface area (Å²) in [6.07, 6.45) is 2.64. The smallest absolute Gasteiger partial charge is 0.208 e. The van der Waals surface area contributed by atoms with Crippen molar-refractivity contribution in [2.75, 3.05) is 13.7 Å². The van der Waals surface area contributed by atoms with Crippen LogP contribution >= 0.6 is 0 Å². The Kier molecular flexibility index (Phi) is 5.12. The van der Waals surface area contributed by atoms with Crippen LogP contribution in [0.2, 0.25) is 0 Å². The number of methoxy groups -OCH3 is 1. The molecule has 0 saturated carbocycles. The minimum Gasteiger partial charge on any atom is -0.441 e. The Labute approximate surface area is 113 Å². The second kappa shape index (κ2) is 7.07. The molecule has 1 heterocycles. The number of rotatable bonds is 7. The molecule has 4 heteroatoms. The number of hydrogen-bond acceptors (Lipinski definition) is 4. The van der Waals surface area contributed by atoms with E-state index in [1.54, 1.807) is 13.3 Å². The third-order valence-electron chi connectivity index (χ3n) is 2.87. The van der Waals surface area contributed by atoms with E-state index in [0.717, 1.165) is 24.3 Å². The number of oxazole rings is 1. The van der Waals surface area contributed by atoms with Crippen LogP contribution in [0.3, 0.4) is 0 Å². The predicted octanol–water partition coefficient (Wildman–Crippen LogP) is 2.91. The van der Waals surface area contributed by atoms with E-state index in [1.807, 2.05) is 30.3 Å². The first kappa shape index (κ1) is 13.8. The van der Waals surface area contributed by atoms with Gasteiger partial charge in [0.05, 0.1) is 12.7 Å². The zero-order chi connectivity index (χ0) is 13.5. The first-order valence-corrected chi connectivity index (χ1v) is 6.58. The van der Waals surface area contributed by atoms with Crippen LogP contribution in [0.25, 0.3) is 0 Å². The van der Waals surface area contributed by atoms with E-state index in [2.05, 4.69) is 17.2 Å². The van der Waals surface area contributed by atoms with Crippen LogP contribution in [0.1, 0.15) is 36.7 Å². The number of aromatic nitrogens is 1. The molecule has 1 atom stereocenters. The molecular weight excluding hydrogens is 240 g/mol. The van der Waals surface area contributed by atoms with Crippen LogP contribution in [0, 0.1) is 0 Å². The molecule has 2 rings (SSSR count). The van der Waals surface area contributed by atoms with Crippen molar-refractivity contribution in [2.24, 2.45) is 0 Å². The lowest BCUT2D eigenvalue weighted by Gasteiger charge is -2.12. The van der Waals surface area contributed by atoms with Crippen molar-refractivity contribution in [1.82, 2.24) is 10.3 Å². The fraction of sp³-hybridized carbons (Fsp3) is 0.400. The van der Waals surface area contributed by atoms with Crippen LogP contribution in [0.15, 0.2) is 40.9 Å². The van der Waals surface area contributed by atoms with Crippen LogP contribution in [-0.2, 0) is 11.3 Å². The number of ether oxygens (including phenoxy) is 1. The van der Waals surface area contributed by atoms with Crippen LogP contribution in [0.5, 0.6) is 0 Å². The van der Waals surface area contributed by atoms with Gasteiger partial charge in [0.1, 0.15) is 6.10 Å². The fourth-order valence-electron chi connectivity index (χ4n) is 1.94. The highest BCUT2D eigenvalue weighted by atomic mass is 16.5. The summed E-state index contributed by atoms with van der Waals surface area (Å²) in [6, 6.07) is 10.00. The summed E-state index contributed by atoms with van der Waals surface area (Å²) in [4.78, 5) is 4.27. The molecule has 2 aromatic rings. The molecule has 19 heavy (non-hydrogen) atoms. The van der Waals surface area contributed by atoms with Crippen LogP contribution < -0.4 is 5.32 Å². The van der Waals surface area contributed by atoms with Gasteiger partial charge in [0.25, 0.3) is 0 Å². The van der Waals surface area contributed by atoms with Gasteiger partial charge in [-0.25, -0.2) is 4.98 Å². The average molecular weight is 260 g/mol. The maximum absolute atomic E-state index is 5.74. The van der Waals surface area contributed by atoms with Crippen molar-refractivity contribution in [3.63, 3.8) is 0 Å². The largest absolute Gasteiger partial charge is 0.441 e. The molecule has 0 radical (unpaired) electrons. The van der Waals surface area contributed by atoms with Crippen molar-refractivity contribution in [3.8, 4) is 0 Å². The number of nitrogens with zero attached hydrogens (tertiary/aromatic N) is 1. The van der Waals surface area contributed by atoms with Gasteiger partial charge < -0.3 is 14.5 Å². The summed E-state index contributed by atoms with van der Waals surface area (Å²) >= 11 is 0. The molecule has 0 aliphatic rings. The topological polar surface area (TPSA) is 47.3 Å². The number of nitrogens with one attached hydrogen (secondary N) is 1. The van der Waals surface area contributed by atoms with Crippen molar-refractivity contribution >= 4 is 0 Å². The summed E-state index contributed by atoms with van der Waals surface area (Å²) in [5.41, 5.74) is 1.06. The molecule has 0 bridgehead atoms. The Morgan fingerprint density at radius 2 is 2.11 bits per heavy atom. The summed E-state index contributed by atoms with van der Waals surface area (Å²) < 4.78 is 11.2. The third kappa shape index (κ3) is 3.66. The molecule has 0 spiro atoms.